The Bertz CT molecular complexity index is 529. The van der Waals surface area contributed by atoms with Crippen LogP contribution in [0.3, 0.4) is 0 Å². The minimum Gasteiger partial charge on any atom is -0.463 e. The van der Waals surface area contributed by atoms with E-state index in [4.69, 9.17) is 0 Å². The molecule has 0 aliphatic carbocycles. The van der Waals surface area contributed by atoms with Crippen LogP contribution in [0.2, 0.25) is 0 Å². The fourth-order valence-electron chi connectivity index (χ4n) is 1.77. The summed E-state index contributed by atoms with van der Waals surface area (Å²) in [4.78, 5) is 36.0. The largest absolute Gasteiger partial charge is 0.463 e. The number of Topliss-reactive ketones (excluding diaryl/α,β-unsaturated/α-hetero) is 2. The first-order chi connectivity index (χ1) is 8.56. The molecule has 0 bridgehead atoms. The number of benzene rings is 1. The molecular weight excluding hydrogens is 254 g/mol. The standard InChI is InChI=1S/C12H11NO4S/c1-13-9(11(15)12(16)17-2)10(14)7-5-3-4-6-8(7)18-13/h3-6,9H,1-2H3. The molecule has 94 valence electrons. The lowest BCUT2D eigenvalue weighted by Crippen LogP contribution is -2.47. The zero-order valence-corrected chi connectivity index (χ0v) is 10.7. The number of rotatable bonds is 2. The van der Waals surface area contributed by atoms with Gasteiger partial charge in [-0.05, 0) is 25.1 Å². The maximum absolute atomic E-state index is 12.2. The molecule has 0 spiro atoms. The van der Waals surface area contributed by atoms with Crippen molar-refractivity contribution in [2.45, 2.75) is 10.9 Å². The van der Waals surface area contributed by atoms with Gasteiger partial charge in [0.15, 0.2) is 11.8 Å². The summed E-state index contributed by atoms with van der Waals surface area (Å²) in [5.74, 6) is -2.21. The van der Waals surface area contributed by atoms with Crippen LogP contribution in [0.4, 0.5) is 0 Å². The molecule has 18 heavy (non-hydrogen) atoms. The summed E-state index contributed by atoms with van der Waals surface area (Å²) in [5, 5.41) is 0. The van der Waals surface area contributed by atoms with Crippen molar-refractivity contribution in [1.82, 2.24) is 4.31 Å². The normalized spacial score (nSPS) is 19.2. The average Bonchev–Trinajstić information content (AvgIpc) is 2.37. The SMILES string of the molecule is COC(=O)C(=O)C1C(=O)c2ccccc2SN1C. The number of carbonyl (C=O) groups excluding carboxylic acids is 3. The third-order valence-electron chi connectivity index (χ3n) is 2.64. The van der Waals surface area contributed by atoms with E-state index in [1.165, 1.54) is 16.3 Å². The molecule has 1 atom stereocenters. The molecule has 1 aromatic carbocycles. The molecule has 1 unspecified atom stereocenters. The predicted octanol–water partition coefficient (Wildman–Crippen LogP) is 0.932. The second-order valence-corrected chi connectivity index (χ2v) is 4.95. The van der Waals surface area contributed by atoms with Crippen LogP contribution in [0.5, 0.6) is 0 Å². The van der Waals surface area contributed by atoms with Crippen LogP contribution in [0.25, 0.3) is 0 Å². The molecular formula is C12H11NO4S. The van der Waals surface area contributed by atoms with E-state index in [0.717, 1.165) is 12.0 Å². The van der Waals surface area contributed by atoms with Crippen molar-refractivity contribution in [3.8, 4) is 0 Å². The highest BCUT2D eigenvalue weighted by Gasteiger charge is 2.40. The number of methoxy groups -OCH3 is 1. The smallest absolute Gasteiger partial charge is 0.376 e. The second-order valence-electron chi connectivity index (χ2n) is 3.76. The number of carbonyl (C=O) groups is 3. The van der Waals surface area contributed by atoms with Crippen LogP contribution < -0.4 is 0 Å². The van der Waals surface area contributed by atoms with Crippen molar-refractivity contribution >= 4 is 29.5 Å². The third-order valence-corrected chi connectivity index (χ3v) is 3.69. The number of hydrogen-bond donors (Lipinski definition) is 0. The Kier molecular flexibility index (Phi) is 3.49. The maximum atomic E-state index is 12.2. The molecule has 0 saturated carbocycles. The zero-order valence-electron chi connectivity index (χ0n) is 9.88. The molecule has 1 aliphatic rings. The Balaban J connectivity index is 2.38. The summed E-state index contributed by atoms with van der Waals surface area (Å²) in [6.07, 6.45) is 0. The number of nitrogens with zero attached hydrogens (tertiary/aromatic N) is 1. The maximum Gasteiger partial charge on any atom is 0.376 e. The first kappa shape index (κ1) is 12.8. The van der Waals surface area contributed by atoms with Crippen molar-refractivity contribution in [3.05, 3.63) is 29.8 Å². The van der Waals surface area contributed by atoms with Crippen LogP contribution in [-0.2, 0) is 14.3 Å². The van der Waals surface area contributed by atoms with Gasteiger partial charge >= 0.3 is 5.97 Å². The van der Waals surface area contributed by atoms with Gasteiger partial charge in [-0.25, -0.2) is 9.10 Å². The topological polar surface area (TPSA) is 63.7 Å². The van der Waals surface area contributed by atoms with E-state index in [-0.39, 0.29) is 5.78 Å². The fourth-order valence-corrected chi connectivity index (χ4v) is 2.78. The van der Waals surface area contributed by atoms with Gasteiger partial charge in [-0.1, -0.05) is 18.2 Å². The van der Waals surface area contributed by atoms with E-state index in [9.17, 15) is 14.4 Å². The first-order valence-electron chi connectivity index (χ1n) is 5.22. The molecule has 0 amide bonds. The Labute approximate surface area is 108 Å². The summed E-state index contributed by atoms with van der Waals surface area (Å²) >= 11 is 1.26. The molecule has 1 aliphatic heterocycles. The molecule has 6 heteroatoms. The molecule has 1 heterocycles. The molecule has 0 aromatic heterocycles. The molecule has 0 saturated heterocycles. The van der Waals surface area contributed by atoms with E-state index in [2.05, 4.69) is 4.74 Å². The first-order valence-corrected chi connectivity index (χ1v) is 5.99. The van der Waals surface area contributed by atoms with Gasteiger partial charge in [0, 0.05) is 10.5 Å². The summed E-state index contributed by atoms with van der Waals surface area (Å²) in [5.41, 5.74) is 0.461. The highest BCUT2D eigenvalue weighted by atomic mass is 32.2. The van der Waals surface area contributed by atoms with Crippen molar-refractivity contribution in [3.63, 3.8) is 0 Å². The van der Waals surface area contributed by atoms with Gasteiger partial charge < -0.3 is 4.74 Å². The fraction of sp³-hybridized carbons (Fsp3) is 0.250. The summed E-state index contributed by atoms with van der Waals surface area (Å²) in [6.45, 7) is 0. The van der Waals surface area contributed by atoms with E-state index in [1.54, 1.807) is 25.2 Å². The van der Waals surface area contributed by atoms with Gasteiger partial charge in [0.2, 0.25) is 0 Å². The molecule has 5 nitrogen and oxygen atoms in total. The summed E-state index contributed by atoms with van der Waals surface area (Å²) in [7, 11) is 2.72. The Morgan fingerprint density at radius 1 is 1.33 bits per heavy atom. The van der Waals surface area contributed by atoms with Crippen LogP contribution in [0.1, 0.15) is 10.4 Å². The number of ether oxygens (including phenoxy) is 1. The van der Waals surface area contributed by atoms with Crippen molar-refractivity contribution < 1.29 is 19.1 Å². The third kappa shape index (κ3) is 2.04. The lowest BCUT2D eigenvalue weighted by atomic mass is 10.0. The Morgan fingerprint density at radius 3 is 2.67 bits per heavy atom. The van der Waals surface area contributed by atoms with Gasteiger partial charge in [0.05, 0.1) is 7.11 Å². The Hall–Kier alpha value is -1.66. The van der Waals surface area contributed by atoms with Crippen LogP contribution in [-0.4, -0.2) is 42.0 Å². The zero-order chi connectivity index (χ0) is 13.3. The van der Waals surface area contributed by atoms with Gasteiger partial charge in [-0.2, -0.15) is 0 Å². The molecule has 0 N–H and O–H groups in total. The highest BCUT2D eigenvalue weighted by Crippen LogP contribution is 2.33. The van der Waals surface area contributed by atoms with Crippen molar-refractivity contribution in [2.75, 3.05) is 14.2 Å². The predicted molar refractivity (Wildman–Crippen MR) is 65.2 cm³/mol. The quantitative estimate of drug-likeness (QED) is 0.343. The van der Waals surface area contributed by atoms with Gasteiger partial charge in [-0.3, -0.25) is 9.59 Å². The Morgan fingerprint density at radius 2 is 2.00 bits per heavy atom. The van der Waals surface area contributed by atoms with Crippen LogP contribution >= 0.6 is 11.9 Å². The molecule has 1 aromatic rings. The average molecular weight is 265 g/mol. The number of likely N-dealkylation sites (N-methyl/N-ethyl adjacent to an activating group) is 1. The number of ketones is 2. The van der Waals surface area contributed by atoms with E-state index in [1.807, 2.05) is 6.07 Å². The van der Waals surface area contributed by atoms with Gasteiger partial charge in [0.1, 0.15) is 0 Å². The minimum atomic E-state index is -1.11. The molecule has 0 radical (unpaired) electrons. The van der Waals surface area contributed by atoms with Gasteiger partial charge in [-0.15, -0.1) is 0 Å². The van der Waals surface area contributed by atoms with E-state index < -0.39 is 17.8 Å². The van der Waals surface area contributed by atoms with Crippen LogP contribution in [0.15, 0.2) is 29.2 Å². The molecule has 0 fully saturated rings. The summed E-state index contributed by atoms with van der Waals surface area (Å²) in [6, 6.07) is 5.87. The van der Waals surface area contributed by atoms with Crippen molar-refractivity contribution in [1.29, 1.82) is 0 Å². The number of fused-ring (bicyclic) bond motifs is 1. The van der Waals surface area contributed by atoms with Crippen molar-refractivity contribution in [2.24, 2.45) is 0 Å². The van der Waals surface area contributed by atoms with Gasteiger partial charge in [0.25, 0.3) is 5.78 Å². The minimum absolute atomic E-state index is 0.373. The van der Waals surface area contributed by atoms with Crippen LogP contribution in [0, 0.1) is 0 Å². The van der Waals surface area contributed by atoms with E-state index in [0.29, 0.717) is 5.56 Å². The monoisotopic (exact) mass is 265 g/mol. The summed E-state index contributed by atoms with van der Waals surface area (Å²) < 4.78 is 5.85. The highest BCUT2D eigenvalue weighted by molar-refractivity contribution is 7.97. The lowest BCUT2D eigenvalue weighted by Gasteiger charge is -2.29. The number of esters is 1. The lowest BCUT2D eigenvalue weighted by molar-refractivity contribution is -0.152. The van der Waals surface area contributed by atoms with E-state index >= 15 is 0 Å². The second kappa shape index (κ2) is 4.91. The molecule has 2 rings (SSSR count). The number of hydrogen-bond acceptors (Lipinski definition) is 6.